The van der Waals surface area contributed by atoms with Gasteiger partial charge in [-0.05, 0) is 53.4 Å². The molecular formula is C25H24N2O3. The first-order valence-electron chi connectivity index (χ1n) is 9.81. The van der Waals surface area contributed by atoms with E-state index >= 15 is 0 Å². The number of hydrogen-bond donors (Lipinski definition) is 1. The number of para-hydroxylation sites is 2. The number of ether oxygens (including phenoxy) is 1. The van der Waals surface area contributed by atoms with Crippen LogP contribution in [-0.2, 0) is 5.41 Å². The molecule has 1 heterocycles. The van der Waals surface area contributed by atoms with Crippen molar-refractivity contribution in [1.29, 1.82) is 0 Å². The number of oxazole rings is 1. The van der Waals surface area contributed by atoms with Crippen molar-refractivity contribution in [2.24, 2.45) is 0 Å². The van der Waals surface area contributed by atoms with Gasteiger partial charge in [0.2, 0.25) is 5.89 Å². The zero-order valence-corrected chi connectivity index (χ0v) is 17.5. The van der Waals surface area contributed by atoms with Gasteiger partial charge in [0, 0.05) is 11.1 Å². The number of fused-ring (bicyclic) bond motifs is 1. The largest absolute Gasteiger partial charge is 0.495 e. The van der Waals surface area contributed by atoms with E-state index in [1.54, 1.807) is 13.2 Å². The highest BCUT2D eigenvalue weighted by atomic mass is 16.5. The number of anilines is 1. The van der Waals surface area contributed by atoms with Gasteiger partial charge in [0.05, 0.1) is 12.8 Å². The summed E-state index contributed by atoms with van der Waals surface area (Å²) in [6.07, 6.45) is 0. The van der Waals surface area contributed by atoms with E-state index in [2.05, 4.69) is 31.1 Å². The molecule has 3 aromatic carbocycles. The van der Waals surface area contributed by atoms with Crippen LogP contribution < -0.4 is 10.1 Å². The molecule has 0 aliphatic carbocycles. The van der Waals surface area contributed by atoms with Gasteiger partial charge in [0.1, 0.15) is 11.3 Å². The van der Waals surface area contributed by atoms with Crippen LogP contribution in [0.3, 0.4) is 0 Å². The molecule has 0 aliphatic rings. The van der Waals surface area contributed by atoms with Crippen LogP contribution >= 0.6 is 0 Å². The quantitative estimate of drug-likeness (QED) is 0.453. The number of carbonyl (C=O) groups excluding carboxylic acids is 1. The van der Waals surface area contributed by atoms with Crippen molar-refractivity contribution in [3.05, 3.63) is 77.9 Å². The van der Waals surface area contributed by atoms with Gasteiger partial charge in [0.15, 0.2) is 5.58 Å². The molecule has 0 unspecified atom stereocenters. The zero-order valence-electron chi connectivity index (χ0n) is 17.5. The van der Waals surface area contributed by atoms with Gasteiger partial charge in [-0.1, -0.05) is 45.0 Å². The van der Waals surface area contributed by atoms with E-state index in [0.29, 0.717) is 28.5 Å². The second kappa shape index (κ2) is 7.67. The number of aromatic nitrogens is 1. The van der Waals surface area contributed by atoms with Gasteiger partial charge in [-0.3, -0.25) is 4.79 Å². The molecule has 1 N–H and O–H groups in total. The number of amides is 1. The van der Waals surface area contributed by atoms with E-state index in [4.69, 9.17) is 9.15 Å². The molecule has 0 bridgehead atoms. The molecule has 0 radical (unpaired) electrons. The predicted molar refractivity (Wildman–Crippen MR) is 119 cm³/mol. The van der Waals surface area contributed by atoms with Crippen LogP contribution in [0.4, 0.5) is 5.69 Å². The Labute approximate surface area is 175 Å². The molecule has 5 nitrogen and oxygen atoms in total. The third-order valence-corrected chi connectivity index (χ3v) is 5.00. The molecule has 152 valence electrons. The SMILES string of the molecule is COc1ccc(-c2nc3ccccc3o2)cc1NC(=O)c1ccc(C(C)(C)C)cc1. The van der Waals surface area contributed by atoms with Crippen molar-refractivity contribution in [2.45, 2.75) is 26.2 Å². The summed E-state index contributed by atoms with van der Waals surface area (Å²) in [6, 6.07) is 20.7. The smallest absolute Gasteiger partial charge is 0.255 e. The average molecular weight is 400 g/mol. The van der Waals surface area contributed by atoms with Crippen molar-refractivity contribution < 1.29 is 13.9 Å². The van der Waals surface area contributed by atoms with E-state index in [9.17, 15) is 4.79 Å². The minimum Gasteiger partial charge on any atom is -0.495 e. The fourth-order valence-electron chi connectivity index (χ4n) is 3.25. The number of nitrogens with one attached hydrogen (secondary N) is 1. The first kappa shape index (κ1) is 19.7. The van der Waals surface area contributed by atoms with Crippen LogP contribution in [-0.4, -0.2) is 18.0 Å². The minimum absolute atomic E-state index is 0.0339. The summed E-state index contributed by atoms with van der Waals surface area (Å²) in [5, 5.41) is 2.95. The molecule has 0 saturated heterocycles. The minimum atomic E-state index is -0.205. The van der Waals surface area contributed by atoms with Crippen LogP contribution in [0, 0.1) is 0 Å². The van der Waals surface area contributed by atoms with E-state index in [1.165, 1.54) is 5.56 Å². The highest BCUT2D eigenvalue weighted by molar-refractivity contribution is 6.05. The molecule has 0 spiro atoms. The van der Waals surface area contributed by atoms with Crippen LogP contribution in [0.25, 0.3) is 22.6 Å². The second-order valence-electron chi connectivity index (χ2n) is 8.18. The molecule has 30 heavy (non-hydrogen) atoms. The Kier molecular flexibility index (Phi) is 5.04. The standard InChI is InChI=1S/C25H24N2O3/c1-25(2,3)18-12-9-16(10-13-18)23(28)26-20-15-17(11-14-21(20)29-4)24-27-19-7-5-6-8-22(19)30-24/h5-15H,1-4H3,(H,26,28). The molecular weight excluding hydrogens is 376 g/mol. The first-order chi connectivity index (χ1) is 14.3. The Morgan fingerprint density at radius 1 is 1.00 bits per heavy atom. The lowest BCUT2D eigenvalue weighted by atomic mass is 9.87. The summed E-state index contributed by atoms with van der Waals surface area (Å²) in [5.74, 6) is 0.849. The van der Waals surface area contributed by atoms with Gasteiger partial charge in [0.25, 0.3) is 5.91 Å². The van der Waals surface area contributed by atoms with Crippen LogP contribution in [0.15, 0.2) is 71.1 Å². The van der Waals surface area contributed by atoms with Gasteiger partial charge in [-0.15, -0.1) is 0 Å². The Hall–Kier alpha value is -3.60. The van der Waals surface area contributed by atoms with Gasteiger partial charge in [-0.25, -0.2) is 4.98 Å². The Morgan fingerprint density at radius 3 is 2.40 bits per heavy atom. The third kappa shape index (κ3) is 3.92. The van der Waals surface area contributed by atoms with E-state index in [-0.39, 0.29) is 11.3 Å². The van der Waals surface area contributed by atoms with Crippen LogP contribution in [0.5, 0.6) is 5.75 Å². The lowest BCUT2D eigenvalue weighted by molar-refractivity contribution is 0.102. The number of rotatable bonds is 4. The van der Waals surface area contributed by atoms with Crippen molar-refractivity contribution in [3.63, 3.8) is 0 Å². The maximum Gasteiger partial charge on any atom is 0.255 e. The maximum atomic E-state index is 12.8. The lowest BCUT2D eigenvalue weighted by Gasteiger charge is -2.19. The maximum absolute atomic E-state index is 12.8. The van der Waals surface area contributed by atoms with Crippen molar-refractivity contribution >= 4 is 22.7 Å². The molecule has 4 aromatic rings. The fraction of sp³-hybridized carbons (Fsp3) is 0.200. The van der Waals surface area contributed by atoms with Gasteiger partial charge >= 0.3 is 0 Å². The molecule has 1 amide bonds. The van der Waals surface area contributed by atoms with Crippen molar-refractivity contribution in [2.75, 3.05) is 12.4 Å². The number of hydrogen-bond acceptors (Lipinski definition) is 4. The van der Waals surface area contributed by atoms with Gasteiger partial charge < -0.3 is 14.5 Å². The second-order valence-corrected chi connectivity index (χ2v) is 8.18. The summed E-state index contributed by atoms with van der Waals surface area (Å²) in [6.45, 7) is 6.43. The summed E-state index contributed by atoms with van der Waals surface area (Å²) < 4.78 is 11.3. The summed E-state index contributed by atoms with van der Waals surface area (Å²) in [7, 11) is 1.57. The molecule has 4 rings (SSSR count). The molecule has 1 aromatic heterocycles. The number of nitrogens with zero attached hydrogens (tertiary/aromatic N) is 1. The van der Waals surface area contributed by atoms with Crippen LogP contribution in [0.2, 0.25) is 0 Å². The fourth-order valence-corrected chi connectivity index (χ4v) is 3.25. The molecule has 0 aliphatic heterocycles. The van der Waals surface area contributed by atoms with Gasteiger partial charge in [-0.2, -0.15) is 0 Å². The summed E-state index contributed by atoms with van der Waals surface area (Å²) in [4.78, 5) is 17.4. The Morgan fingerprint density at radius 2 is 1.73 bits per heavy atom. The highest BCUT2D eigenvalue weighted by Gasteiger charge is 2.16. The molecule has 0 saturated carbocycles. The summed E-state index contributed by atoms with van der Waals surface area (Å²) >= 11 is 0. The first-order valence-corrected chi connectivity index (χ1v) is 9.81. The zero-order chi connectivity index (χ0) is 21.3. The average Bonchev–Trinajstić information content (AvgIpc) is 3.17. The van der Waals surface area contributed by atoms with E-state index in [1.807, 2.05) is 60.7 Å². The number of benzene rings is 3. The molecule has 0 atom stereocenters. The molecule has 5 heteroatoms. The topological polar surface area (TPSA) is 64.4 Å². The highest BCUT2D eigenvalue weighted by Crippen LogP contribution is 2.32. The lowest BCUT2D eigenvalue weighted by Crippen LogP contribution is -2.14. The Bertz CT molecular complexity index is 1170. The van der Waals surface area contributed by atoms with E-state index < -0.39 is 0 Å². The number of methoxy groups -OCH3 is 1. The predicted octanol–water partition coefficient (Wildman–Crippen LogP) is 6.05. The van der Waals surface area contributed by atoms with Crippen molar-refractivity contribution in [3.8, 4) is 17.2 Å². The van der Waals surface area contributed by atoms with E-state index in [0.717, 1.165) is 11.1 Å². The van der Waals surface area contributed by atoms with Crippen molar-refractivity contribution in [1.82, 2.24) is 4.98 Å². The van der Waals surface area contributed by atoms with Crippen LogP contribution in [0.1, 0.15) is 36.7 Å². The molecule has 0 fully saturated rings. The normalized spacial score (nSPS) is 11.5. The summed E-state index contributed by atoms with van der Waals surface area (Å²) in [5.41, 5.74) is 4.60. The Balaban J connectivity index is 1.63. The third-order valence-electron chi connectivity index (χ3n) is 5.00. The monoisotopic (exact) mass is 400 g/mol. The number of carbonyl (C=O) groups is 1.